The molecule has 2 aromatic heterocycles. The number of thiazole rings is 1. The molecule has 9 heteroatoms. The van der Waals surface area contributed by atoms with E-state index in [1.165, 1.54) is 40.0 Å². The largest absolute Gasteiger partial charge is 0.374 e. The number of nitrogen functional groups attached to an aromatic ring is 1. The number of thioether (sulfide) groups is 1. The van der Waals surface area contributed by atoms with Gasteiger partial charge in [0.25, 0.3) is 0 Å². The van der Waals surface area contributed by atoms with Crippen LogP contribution in [0.25, 0.3) is 10.2 Å². The van der Waals surface area contributed by atoms with Crippen LogP contribution in [0.15, 0.2) is 22.5 Å². The molecule has 0 radical (unpaired) electrons. The molecule has 2 heterocycles. The van der Waals surface area contributed by atoms with Gasteiger partial charge in [-0.15, -0.1) is 10.2 Å². The maximum atomic E-state index is 12.2. The molecule has 1 atom stereocenters. The van der Waals surface area contributed by atoms with Crippen LogP contribution in [-0.4, -0.2) is 26.3 Å². The lowest BCUT2D eigenvalue weighted by molar-refractivity contribution is -0.115. The molecule has 3 N–H and O–H groups in total. The standard InChI is InChI=1S/C13H13N5OS3/c1-6-3-4-8-9(5-6)21-12(15-8)16-10(19)7(2)20-13-18-17-11(14)22-13/h3-5,7H,1-2H3,(H2,14,17)(H,15,16,19). The Morgan fingerprint density at radius 1 is 1.36 bits per heavy atom. The quantitative estimate of drug-likeness (QED) is 0.701. The minimum absolute atomic E-state index is 0.116. The Hall–Kier alpha value is -1.71. The highest BCUT2D eigenvalue weighted by Gasteiger charge is 2.18. The molecule has 0 spiro atoms. The number of carbonyl (C=O) groups excluding carboxylic acids is 1. The Bertz CT molecular complexity index is 828. The zero-order valence-electron chi connectivity index (χ0n) is 11.9. The second kappa shape index (κ2) is 6.19. The third kappa shape index (κ3) is 3.37. The molecule has 0 saturated carbocycles. The van der Waals surface area contributed by atoms with Crippen molar-refractivity contribution in [3.05, 3.63) is 23.8 Å². The number of aromatic nitrogens is 3. The molecule has 114 valence electrons. The maximum Gasteiger partial charge on any atom is 0.239 e. The number of amides is 1. The van der Waals surface area contributed by atoms with E-state index in [1.807, 2.05) is 26.0 Å². The molecule has 0 saturated heterocycles. The molecule has 1 aromatic carbocycles. The van der Waals surface area contributed by atoms with Crippen LogP contribution in [0, 0.1) is 6.92 Å². The van der Waals surface area contributed by atoms with E-state index < -0.39 is 0 Å². The van der Waals surface area contributed by atoms with E-state index in [0.29, 0.717) is 14.6 Å². The molecule has 22 heavy (non-hydrogen) atoms. The van der Waals surface area contributed by atoms with Crippen LogP contribution in [0.5, 0.6) is 0 Å². The van der Waals surface area contributed by atoms with Crippen molar-refractivity contribution in [2.45, 2.75) is 23.4 Å². The van der Waals surface area contributed by atoms with Gasteiger partial charge in [-0.1, -0.05) is 40.5 Å². The molecule has 3 aromatic rings. The van der Waals surface area contributed by atoms with Crippen LogP contribution in [0.2, 0.25) is 0 Å². The maximum absolute atomic E-state index is 12.2. The number of benzene rings is 1. The van der Waals surface area contributed by atoms with Gasteiger partial charge in [0.15, 0.2) is 9.47 Å². The molecule has 3 rings (SSSR count). The van der Waals surface area contributed by atoms with Gasteiger partial charge in [-0.3, -0.25) is 4.79 Å². The summed E-state index contributed by atoms with van der Waals surface area (Å²) in [5.41, 5.74) is 7.60. The van der Waals surface area contributed by atoms with Gasteiger partial charge in [0.2, 0.25) is 11.0 Å². The fraction of sp³-hybridized carbons (Fsp3) is 0.231. The van der Waals surface area contributed by atoms with E-state index in [9.17, 15) is 4.79 Å². The predicted octanol–water partition coefficient (Wildman–Crippen LogP) is 3.16. The summed E-state index contributed by atoms with van der Waals surface area (Å²) in [5, 5.41) is 11.2. The smallest absolute Gasteiger partial charge is 0.239 e. The number of hydrogen-bond acceptors (Lipinski definition) is 8. The molecule has 0 aliphatic heterocycles. The van der Waals surface area contributed by atoms with E-state index >= 15 is 0 Å². The number of rotatable bonds is 4. The van der Waals surface area contributed by atoms with Crippen LogP contribution >= 0.6 is 34.4 Å². The van der Waals surface area contributed by atoms with Crippen molar-refractivity contribution < 1.29 is 4.79 Å². The topological polar surface area (TPSA) is 93.8 Å². The van der Waals surface area contributed by atoms with Gasteiger partial charge in [0.1, 0.15) is 0 Å². The van der Waals surface area contributed by atoms with Gasteiger partial charge in [-0.05, 0) is 31.5 Å². The van der Waals surface area contributed by atoms with Crippen LogP contribution in [0.3, 0.4) is 0 Å². The number of carbonyl (C=O) groups is 1. The van der Waals surface area contributed by atoms with Gasteiger partial charge in [0, 0.05) is 0 Å². The number of fused-ring (bicyclic) bond motifs is 1. The minimum Gasteiger partial charge on any atom is -0.374 e. The fourth-order valence-corrected chi connectivity index (χ4v) is 4.51. The predicted molar refractivity (Wildman–Crippen MR) is 92.6 cm³/mol. The molecular weight excluding hydrogens is 338 g/mol. The Kier molecular flexibility index (Phi) is 4.27. The average molecular weight is 351 g/mol. The van der Waals surface area contributed by atoms with Gasteiger partial charge in [-0.2, -0.15) is 0 Å². The lowest BCUT2D eigenvalue weighted by Crippen LogP contribution is -2.22. The van der Waals surface area contributed by atoms with Crippen molar-refractivity contribution in [1.29, 1.82) is 0 Å². The van der Waals surface area contributed by atoms with Crippen LogP contribution in [0.4, 0.5) is 10.3 Å². The van der Waals surface area contributed by atoms with Gasteiger partial charge >= 0.3 is 0 Å². The summed E-state index contributed by atoms with van der Waals surface area (Å²) in [6.07, 6.45) is 0. The molecule has 0 aliphatic carbocycles. The lowest BCUT2D eigenvalue weighted by atomic mass is 10.2. The number of nitrogens with one attached hydrogen (secondary N) is 1. The van der Waals surface area contributed by atoms with Crippen molar-refractivity contribution in [2.75, 3.05) is 11.1 Å². The van der Waals surface area contributed by atoms with Crippen molar-refractivity contribution in [2.24, 2.45) is 0 Å². The summed E-state index contributed by atoms with van der Waals surface area (Å²) in [6.45, 7) is 3.85. The van der Waals surface area contributed by atoms with E-state index in [-0.39, 0.29) is 11.2 Å². The molecule has 0 aliphatic rings. The lowest BCUT2D eigenvalue weighted by Gasteiger charge is -2.07. The first kappa shape index (κ1) is 15.2. The summed E-state index contributed by atoms with van der Waals surface area (Å²) < 4.78 is 1.74. The fourth-order valence-electron chi connectivity index (χ4n) is 1.77. The third-order valence-electron chi connectivity index (χ3n) is 2.84. The SMILES string of the molecule is Cc1ccc2nc(NC(=O)C(C)Sc3nnc(N)s3)sc2c1. The van der Waals surface area contributed by atoms with E-state index in [1.54, 1.807) is 0 Å². The highest BCUT2D eigenvalue weighted by molar-refractivity contribution is 8.02. The highest BCUT2D eigenvalue weighted by atomic mass is 32.2. The number of aryl methyl sites for hydroxylation is 1. The van der Waals surface area contributed by atoms with Crippen molar-refractivity contribution in [3.8, 4) is 0 Å². The normalized spacial score (nSPS) is 12.5. The second-order valence-corrected chi connectivity index (χ2v) is 8.27. The van der Waals surface area contributed by atoms with Crippen molar-refractivity contribution >= 4 is 60.8 Å². The Balaban J connectivity index is 1.69. The zero-order valence-corrected chi connectivity index (χ0v) is 14.3. The van der Waals surface area contributed by atoms with Gasteiger partial charge < -0.3 is 11.1 Å². The average Bonchev–Trinajstić information content (AvgIpc) is 3.04. The molecule has 0 bridgehead atoms. The number of hydrogen-bond donors (Lipinski definition) is 2. The number of nitrogens with zero attached hydrogens (tertiary/aromatic N) is 3. The number of nitrogens with two attached hydrogens (primary N) is 1. The molecule has 1 unspecified atom stereocenters. The molecular formula is C13H13N5OS3. The summed E-state index contributed by atoms with van der Waals surface area (Å²) in [4.78, 5) is 16.6. The van der Waals surface area contributed by atoms with Crippen LogP contribution in [-0.2, 0) is 4.79 Å². The van der Waals surface area contributed by atoms with E-state index in [4.69, 9.17) is 5.73 Å². The Morgan fingerprint density at radius 3 is 2.91 bits per heavy atom. The summed E-state index contributed by atoms with van der Waals surface area (Å²) >= 11 is 4.07. The third-order valence-corrected chi connectivity index (χ3v) is 5.71. The summed E-state index contributed by atoms with van der Waals surface area (Å²) in [6, 6.07) is 6.02. The van der Waals surface area contributed by atoms with Gasteiger partial charge in [0.05, 0.1) is 15.5 Å². The van der Waals surface area contributed by atoms with Crippen molar-refractivity contribution in [3.63, 3.8) is 0 Å². The van der Waals surface area contributed by atoms with Crippen LogP contribution < -0.4 is 11.1 Å². The van der Waals surface area contributed by atoms with Gasteiger partial charge in [-0.25, -0.2) is 4.98 Å². The monoisotopic (exact) mass is 351 g/mol. The highest BCUT2D eigenvalue weighted by Crippen LogP contribution is 2.30. The van der Waals surface area contributed by atoms with Crippen LogP contribution in [0.1, 0.15) is 12.5 Å². The minimum atomic E-state index is -0.305. The molecule has 6 nitrogen and oxygen atoms in total. The van der Waals surface area contributed by atoms with E-state index in [0.717, 1.165) is 10.2 Å². The summed E-state index contributed by atoms with van der Waals surface area (Å²) in [7, 11) is 0. The Morgan fingerprint density at radius 2 is 2.18 bits per heavy atom. The second-order valence-electron chi connectivity index (χ2n) is 4.65. The first-order chi connectivity index (χ1) is 10.5. The number of anilines is 2. The Labute approximate surface area is 139 Å². The van der Waals surface area contributed by atoms with Crippen molar-refractivity contribution in [1.82, 2.24) is 15.2 Å². The molecule has 0 fully saturated rings. The van der Waals surface area contributed by atoms with E-state index in [2.05, 4.69) is 26.6 Å². The molecule has 1 amide bonds. The zero-order chi connectivity index (χ0) is 15.7. The first-order valence-electron chi connectivity index (χ1n) is 6.45. The summed E-state index contributed by atoms with van der Waals surface area (Å²) in [5.74, 6) is -0.116. The first-order valence-corrected chi connectivity index (χ1v) is 8.96.